The van der Waals surface area contributed by atoms with Gasteiger partial charge in [0.2, 0.25) is 0 Å². The van der Waals surface area contributed by atoms with Crippen LogP contribution >= 0.6 is 11.6 Å². The first kappa shape index (κ1) is 14.4. The van der Waals surface area contributed by atoms with Crippen molar-refractivity contribution in [1.29, 1.82) is 0 Å². The molecule has 17 heavy (non-hydrogen) atoms. The number of hydrogen-bond donors (Lipinski definition) is 0. The maximum atomic E-state index is 6.33. The second kappa shape index (κ2) is 6.34. The number of nitrogens with zero attached hydrogens (tertiary/aromatic N) is 2. The Labute approximate surface area is 110 Å². The quantitative estimate of drug-likeness (QED) is 0.740. The number of aryl methyl sites for hydroxylation is 1. The third-order valence-corrected chi connectivity index (χ3v) is 2.93. The number of halogens is 1. The van der Waals surface area contributed by atoms with E-state index in [1.165, 1.54) is 0 Å². The Bertz CT molecular complexity index is 361. The van der Waals surface area contributed by atoms with E-state index in [0.29, 0.717) is 11.8 Å². The second-order valence-electron chi connectivity index (χ2n) is 5.44. The molecule has 0 N–H and O–H groups in total. The summed E-state index contributed by atoms with van der Waals surface area (Å²) in [5, 5.41) is 0.171. The second-order valence-corrected chi connectivity index (χ2v) is 6.06. The van der Waals surface area contributed by atoms with E-state index in [9.17, 15) is 0 Å². The van der Waals surface area contributed by atoms with Crippen molar-refractivity contribution in [3.63, 3.8) is 0 Å². The standard InChI is InChI=1S/C14H23ClN2/c1-9(2)6-12(15)8-13-7-11(5)16-14(17-13)10(3)4/h7,9-10,12H,6,8H2,1-5H3. The van der Waals surface area contributed by atoms with Gasteiger partial charge in [0.25, 0.3) is 0 Å². The average molecular weight is 255 g/mol. The zero-order chi connectivity index (χ0) is 13.0. The van der Waals surface area contributed by atoms with Crippen molar-refractivity contribution in [2.45, 2.75) is 58.8 Å². The summed E-state index contributed by atoms with van der Waals surface area (Å²) in [6.45, 7) is 10.6. The first-order valence-electron chi connectivity index (χ1n) is 6.37. The number of alkyl halides is 1. The van der Waals surface area contributed by atoms with Crippen LogP contribution in [0.4, 0.5) is 0 Å². The molecule has 1 atom stereocenters. The molecule has 96 valence electrons. The van der Waals surface area contributed by atoms with E-state index in [2.05, 4.69) is 37.7 Å². The van der Waals surface area contributed by atoms with E-state index in [0.717, 1.165) is 30.1 Å². The van der Waals surface area contributed by atoms with Gasteiger partial charge in [0.05, 0.1) is 0 Å². The molecule has 1 rings (SSSR count). The average Bonchev–Trinajstić information content (AvgIpc) is 2.14. The third kappa shape index (κ3) is 5.03. The molecule has 1 unspecified atom stereocenters. The predicted molar refractivity (Wildman–Crippen MR) is 73.7 cm³/mol. The molecule has 0 bridgehead atoms. The first-order chi connectivity index (χ1) is 7.88. The molecule has 0 fully saturated rings. The third-order valence-electron chi connectivity index (χ3n) is 2.60. The maximum Gasteiger partial charge on any atom is 0.131 e. The highest BCUT2D eigenvalue weighted by Gasteiger charge is 2.12. The molecule has 3 heteroatoms. The Hall–Kier alpha value is -0.630. The summed E-state index contributed by atoms with van der Waals surface area (Å²) in [5.41, 5.74) is 2.11. The van der Waals surface area contributed by atoms with Gasteiger partial charge in [0.1, 0.15) is 5.82 Å². The van der Waals surface area contributed by atoms with Crippen LogP contribution in [-0.2, 0) is 6.42 Å². The Balaban J connectivity index is 2.77. The van der Waals surface area contributed by atoms with Crippen LogP contribution in [-0.4, -0.2) is 15.3 Å². The minimum atomic E-state index is 0.171. The van der Waals surface area contributed by atoms with E-state index >= 15 is 0 Å². The van der Waals surface area contributed by atoms with Gasteiger partial charge in [-0.25, -0.2) is 9.97 Å². The first-order valence-corrected chi connectivity index (χ1v) is 6.80. The Morgan fingerprint density at radius 3 is 2.35 bits per heavy atom. The number of aromatic nitrogens is 2. The minimum Gasteiger partial charge on any atom is -0.238 e. The smallest absolute Gasteiger partial charge is 0.131 e. The van der Waals surface area contributed by atoms with E-state index in [-0.39, 0.29) is 5.38 Å². The molecule has 0 spiro atoms. The molecular formula is C14H23ClN2. The number of rotatable bonds is 5. The summed E-state index contributed by atoms with van der Waals surface area (Å²) >= 11 is 6.33. The molecular weight excluding hydrogens is 232 g/mol. The Kier molecular flexibility index (Phi) is 5.38. The molecule has 1 heterocycles. The topological polar surface area (TPSA) is 25.8 Å². The van der Waals surface area contributed by atoms with Crippen molar-refractivity contribution in [2.24, 2.45) is 5.92 Å². The van der Waals surface area contributed by atoms with Crippen LogP contribution in [0.25, 0.3) is 0 Å². The highest BCUT2D eigenvalue weighted by molar-refractivity contribution is 6.20. The van der Waals surface area contributed by atoms with Gasteiger partial charge in [-0.1, -0.05) is 27.7 Å². The van der Waals surface area contributed by atoms with E-state index in [4.69, 9.17) is 11.6 Å². The van der Waals surface area contributed by atoms with Crippen LogP contribution in [0, 0.1) is 12.8 Å². The predicted octanol–water partition coefficient (Wildman–Crippen LogP) is 4.10. The van der Waals surface area contributed by atoms with Crippen LogP contribution in [0.5, 0.6) is 0 Å². The number of hydrogen-bond acceptors (Lipinski definition) is 2. The van der Waals surface area contributed by atoms with E-state index in [1.54, 1.807) is 0 Å². The van der Waals surface area contributed by atoms with Gasteiger partial charge < -0.3 is 0 Å². The van der Waals surface area contributed by atoms with Crippen LogP contribution in [0.1, 0.15) is 57.2 Å². The maximum absolute atomic E-state index is 6.33. The fourth-order valence-electron chi connectivity index (χ4n) is 1.84. The molecule has 0 aliphatic carbocycles. The van der Waals surface area contributed by atoms with E-state index in [1.807, 2.05) is 13.0 Å². The zero-order valence-electron chi connectivity index (χ0n) is 11.5. The lowest BCUT2D eigenvalue weighted by Gasteiger charge is -2.13. The van der Waals surface area contributed by atoms with Gasteiger partial charge >= 0.3 is 0 Å². The largest absolute Gasteiger partial charge is 0.238 e. The van der Waals surface area contributed by atoms with Crippen LogP contribution in [0.3, 0.4) is 0 Å². The summed E-state index contributed by atoms with van der Waals surface area (Å²) in [7, 11) is 0. The van der Waals surface area contributed by atoms with Crippen molar-refractivity contribution in [3.05, 3.63) is 23.3 Å². The highest BCUT2D eigenvalue weighted by Crippen LogP contribution is 2.17. The van der Waals surface area contributed by atoms with Crippen LogP contribution in [0.2, 0.25) is 0 Å². The molecule has 0 amide bonds. The summed E-state index contributed by atoms with van der Waals surface area (Å²) in [6.07, 6.45) is 1.87. The summed E-state index contributed by atoms with van der Waals surface area (Å²) < 4.78 is 0. The molecule has 2 nitrogen and oxygen atoms in total. The van der Waals surface area contributed by atoms with Gasteiger partial charge in [-0.05, 0) is 25.3 Å². The lowest BCUT2D eigenvalue weighted by atomic mass is 10.0. The molecule has 0 aliphatic rings. The molecule has 0 saturated heterocycles. The fourth-order valence-corrected chi connectivity index (χ4v) is 2.36. The molecule has 1 aromatic rings. The monoisotopic (exact) mass is 254 g/mol. The fraction of sp³-hybridized carbons (Fsp3) is 0.714. The van der Waals surface area contributed by atoms with Gasteiger partial charge in [-0.3, -0.25) is 0 Å². The van der Waals surface area contributed by atoms with Gasteiger partial charge in [0, 0.05) is 29.1 Å². The van der Waals surface area contributed by atoms with Crippen molar-refractivity contribution in [2.75, 3.05) is 0 Å². The zero-order valence-corrected chi connectivity index (χ0v) is 12.3. The highest BCUT2D eigenvalue weighted by atomic mass is 35.5. The van der Waals surface area contributed by atoms with Gasteiger partial charge in [0.15, 0.2) is 0 Å². The van der Waals surface area contributed by atoms with Crippen molar-refractivity contribution >= 4 is 11.6 Å². The van der Waals surface area contributed by atoms with Crippen molar-refractivity contribution in [3.8, 4) is 0 Å². The molecule has 0 aliphatic heterocycles. The van der Waals surface area contributed by atoms with Crippen molar-refractivity contribution in [1.82, 2.24) is 9.97 Å². The lowest BCUT2D eigenvalue weighted by molar-refractivity contribution is 0.557. The minimum absolute atomic E-state index is 0.171. The normalized spacial score (nSPS) is 13.4. The van der Waals surface area contributed by atoms with Gasteiger partial charge in [-0.2, -0.15) is 0 Å². The molecule has 1 aromatic heterocycles. The van der Waals surface area contributed by atoms with Crippen LogP contribution < -0.4 is 0 Å². The van der Waals surface area contributed by atoms with Crippen molar-refractivity contribution < 1.29 is 0 Å². The molecule has 0 aromatic carbocycles. The molecule has 0 radical (unpaired) electrons. The van der Waals surface area contributed by atoms with Crippen LogP contribution in [0.15, 0.2) is 6.07 Å². The Morgan fingerprint density at radius 2 is 1.82 bits per heavy atom. The summed E-state index contributed by atoms with van der Waals surface area (Å²) in [5.74, 6) is 1.92. The summed E-state index contributed by atoms with van der Waals surface area (Å²) in [6, 6.07) is 2.04. The summed E-state index contributed by atoms with van der Waals surface area (Å²) in [4.78, 5) is 9.03. The Morgan fingerprint density at radius 1 is 1.18 bits per heavy atom. The SMILES string of the molecule is Cc1cc(CC(Cl)CC(C)C)nc(C(C)C)n1. The van der Waals surface area contributed by atoms with E-state index < -0.39 is 0 Å². The van der Waals surface area contributed by atoms with Gasteiger partial charge in [-0.15, -0.1) is 11.6 Å². The lowest BCUT2D eigenvalue weighted by Crippen LogP contribution is -2.11. The molecule has 0 saturated carbocycles.